The first-order valence-electron chi connectivity index (χ1n) is 6.29. The molecule has 1 fully saturated rings. The van der Waals surface area contributed by atoms with Crippen LogP contribution < -0.4 is 5.32 Å². The van der Waals surface area contributed by atoms with Crippen LogP contribution in [0.3, 0.4) is 0 Å². The van der Waals surface area contributed by atoms with E-state index in [1.807, 2.05) is 24.3 Å². The number of fused-ring (bicyclic) bond motifs is 1. The molecule has 1 N–H and O–H groups in total. The minimum absolute atomic E-state index is 0.0710. The number of halogens is 1. The lowest BCUT2D eigenvalue weighted by molar-refractivity contribution is 0.519. The van der Waals surface area contributed by atoms with E-state index in [9.17, 15) is 4.21 Å². The Labute approximate surface area is 119 Å². The van der Waals surface area contributed by atoms with E-state index in [1.54, 1.807) is 0 Å². The van der Waals surface area contributed by atoms with Gasteiger partial charge in [-0.2, -0.15) is 0 Å². The summed E-state index contributed by atoms with van der Waals surface area (Å²) in [7, 11) is -1.21. The van der Waals surface area contributed by atoms with Gasteiger partial charge < -0.3 is 5.32 Å². The second kappa shape index (κ2) is 5.53. The van der Waals surface area contributed by atoms with Crippen molar-refractivity contribution in [3.8, 4) is 0 Å². The molecule has 0 radical (unpaired) electrons. The van der Waals surface area contributed by atoms with Crippen LogP contribution in [0.4, 0.5) is 0 Å². The molecule has 0 saturated carbocycles. The molecule has 1 saturated heterocycles. The Bertz CT molecular complexity index is 628. The number of hydrogen-bond acceptors (Lipinski definition) is 4. The van der Waals surface area contributed by atoms with Gasteiger partial charge in [0.1, 0.15) is 0 Å². The summed E-state index contributed by atoms with van der Waals surface area (Å²) < 4.78 is 12.5. The summed E-state index contributed by atoms with van der Waals surface area (Å²) in [6.07, 6.45) is 1.97. The highest BCUT2D eigenvalue weighted by molar-refractivity contribution is 7.85. The maximum atomic E-state index is 12.5. The predicted molar refractivity (Wildman–Crippen MR) is 76.8 cm³/mol. The van der Waals surface area contributed by atoms with Crippen molar-refractivity contribution in [1.82, 2.24) is 15.3 Å². The van der Waals surface area contributed by atoms with Crippen LogP contribution in [0.5, 0.6) is 0 Å². The Morgan fingerprint density at radius 3 is 2.68 bits per heavy atom. The normalized spacial score (nSPS) is 21.4. The molecule has 0 spiro atoms. The SMILES string of the molecule is O=S(c1nc2ccccc2nc1Cl)C1CCCNC1. The van der Waals surface area contributed by atoms with Gasteiger partial charge in [0.2, 0.25) is 0 Å². The first kappa shape index (κ1) is 13.0. The summed E-state index contributed by atoms with van der Waals surface area (Å²) in [6.45, 7) is 1.74. The van der Waals surface area contributed by atoms with Gasteiger partial charge >= 0.3 is 0 Å². The maximum Gasteiger partial charge on any atom is 0.165 e. The van der Waals surface area contributed by atoms with Crippen LogP contribution in [0, 0.1) is 0 Å². The molecule has 0 amide bonds. The molecule has 0 aliphatic carbocycles. The lowest BCUT2D eigenvalue weighted by atomic mass is 10.2. The molecular formula is C13H14ClN3OS. The molecular weight excluding hydrogens is 282 g/mol. The number of rotatable bonds is 2. The first-order valence-corrected chi connectivity index (χ1v) is 7.88. The molecule has 1 aromatic heterocycles. The highest BCUT2D eigenvalue weighted by Crippen LogP contribution is 2.23. The highest BCUT2D eigenvalue weighted by atomic mass is 35.5. The van der Waals surface area contributed by atoms with Crippen LogP contribution in [0.25, 0.3) is 11.0 Å². The summed E-state index contributed by atoms with van der Waals surface area (Å²) >= 11 is 6.13. The number of benzene rings is 1. The molecule has 2 unspecified atom stereocenters. The molecule has 2 heterocycles. The zero-order valence-corrected chi connectivity index (χ0v) is 11.9. The molecule has 0 bridgehead atoms. The van der Waals surface area contributed by atoms with Crippen LogP contribution in [-0.4, -0.2) is 32.5 Å². The molecule has 4 nitrogen and oxygen atoms in total. The van der Waals surface area contributed by atoms with E-state index in [2.05, 4.69) is 15.3 Å². The van der Waals surface area contributed by atoms with Crippen molar-refractivity contribution < 1.29 is 4.21 Å². The molecule has 100 valence electrons. The van der Waals surface area contributed by atoms with E-state index in [0.717, 1.165) is 37.0 Å². The third-order valence-corrected chi connectivity index (χ3v) is 5.29. The Kier molecular flexibility index (Phi) is 3.77. The molecule has 1 aromatic carbocycles. The number of piperidine rings is 1. The number of para-hydroxylation sites is 2. The Morgan fingerprint density at radius 2 is 2.00 bits per heavy atom. The van der Waals surface area contributed by atoms with Crippen molar-refractivity contribution in [1.29, 1.82) is 0 Å². The second-order valence-electron chi connectivity index (χ2n) is 4.57. The van der Waals surface area contributed by atoms with Crippen molar-refractivity contribution in [3.05, 3.63) is 29.4 Å². The molecule has 2 atom stereocenters. The Morgan fingerprint density at radius 1 is 1.26 bits per heavy atom. The van der Waals surface area contributed by atoms with Gasteiger partial charge in [0.15, 0.2) is 10.2 Å². The van der Waals surface area contributed by atoms with Crippen LogP contribution in [-0.2, 0) is 10.8 Å². The minimum Gasteiger partial charge on any atom is -0.316 e. The first-order chi connectivity index (χ1) is 9.25. The van der Waals surface area contributed by atoms with Crippen LogP contribution >= 0.6 is 11.6 Å². The van der Waals surface area contributed by atoms with E-state index in [1.165, 1.54) is 0 Å². The van der Waals surface area contributed by atoms with Crippen molar-refractivity contribution in [3.63, 3.8) is 0 Å². The van der Waals surface area contributed by atoms with E-state index in [4.69, 9.17) is 11.6 Å². The van der Waals surface area contributed by atoms with Crippen molar-refractivity contribution in [2.45, 2.75) is 23.1 Å². The minimum atomic E-state index is -1.21. The number of nitrogens with zero attached hydrogens (tertiary/aromatic N) is 2. The van der Waals surface area contributed by atoms with E-state index in [-0.39, 0.29) is 10.4 Å². The fourth-order valence-electron chi connectivity index (χ4n) is 2.25. The third kappa shape index (κ3) is 2.63. The van der Waals surface area contributed by atoms with Crippen molar-refractivity contribution in [2.75, 3.05) is 13.1 Å². The summed E-state index contributed by atoms with van der Waals surface area (Å²) in [4.78, 5) is 8.71. The Hall–Kier alpha value is -1.04. The molecule has 19 heavy (non-hydrogen) atoms. The smallest absolute Gasteiger partial charge is 0.165 e. The van der Waals surface area contributed by atoms with E-state index < -0.39 is 10.8 Å². The van der Waals surface area contributed by atoms with Gasteiger partial charge in [0, 0.05) is 6.54 Å². The summed E-state index contributed by atoms with van der Waals surface area (Å²) in [5, 5.41) is 3.99. The Balaban J connectivity index is 1.99. The van der Waals surface area contributed by atoms with E-state index in [0.29, 0.717) is 5.03 Å². The van der Waals surface area contributed by atoms with Gasteiger partial charge in [-0.15, -0.1) is 0 Å². The van der Waals surface area contributed by atoms with Crippen LogP contribution in [0.2, 0.25) is 5.15 Å². The largest absolute Gasteiger partial charge is 0.316 e. The fourth-order valence-corrected chi connectivity index (χ4v) is 3.98. The number of nitrogens with one attached hydrogen (secondary N) is 1. The average Bonchev–Trinajstić information content (AvgIpc) is 2.47. The fraction of sp³-hybridized carbons (Fsp3) is 0.385. The van der Waals surface area contributed by atoms with Crippen molar-refractivity contribution >= 4 is 33.4 Å². The van der Waals surface area contributed by atoms with E-state index >= 15 is 0 Å². The lowest BCUT2D eigenvalue weighted by Gasteiger charge is -2.21. The van der Waals surface area contributed by atoms with Gasteiger partial charge in [0.05, 0.1) is 27.1 Å². The lowest BCUT2D eigenvalue weighted by Crippen LogP contribution is -2.36. The highest BCUT2D eigenvalue weighted by Gasteiger charge is 2.24. The predicted octanol–water partition coefficient (Wildman–Crippen LogP) is 2.14. The van der Waals surface area contributed by atoms with Gasteiger partial charge in [-0.25, -0.2) is 9.97 Å². The van der Waals surface area contributed by atoms with Crippen LogP contribution in [0.1, 0.15) is 12.8 Å². The van der Waals surface area contributed by atoms with Gasteiger partial charge in [0.25, 0.3) is 0 Å². The zero-order valence-electron chi connectivity index (χ0n) is 10.3. The standard InChI is InChI=1S/C13H14ClN3OS/c14-12-13(19(18)9-4-3-7-15-8-9)17-11-6-2-1-5-10(11)16-12/h1-2,5-6,9,15H,3-4,7-8H2. The van der Waals surface area contributed by atoms with Gasteiger partial charge in [-0.05, 0) is 31.5 Å². The maximum absolute atomic E-state index is 12.5. The summed E-state index contributed by atoms with van der Waals surface area (Å²) in [5.41, 5.74) is 1.47. The zero-order chi connectivity index (χ0) is 13.2. The second-order valence-corrected chi connectivity index (χ2v) is 6.58. The molecule has 3 rings (SSSR count). The molecule has 2 aromatic rings. The van der Waals surface area contributed by atoms with Gasteiger partial charge in [-0.3, -0.25) is 4.21 Å². The quantitative estimate of drug-likeness (QED) is 0.922. The van der Waals surface area contributed by atoms with Crippen molar-refractivity contribution in [2.24, 2.45) is 0 Å². The third-order valence-electron chi connectivity index (χ3n) is 3.24. The monoisotopic (exact) mass is 295 g/mol. The molecule has 1 aliphatic heterocycles. The summed E-state index contributed by atoms with van der Waals surface area (Å²) in [5.74, 6) is 0. The van der Waals surface area contributed by atoms with Gasteiger partial charge in [-0.1, -0.05) is 23.7 Å². The summed E-state index contributed by atoms with van der Waals surface area (Å²) in [6, 6.07) is 7.48. The number of aromatic nitrogens is 2. The number of hydrogen-bond donors (Lipinski definition) is 1. The van der Waals surface area contributed by atoms with Crippen LogP contribution in [0.15, 0.2) is 29.3 Å². The topological polar surface area (TPSA) is 54.9 Å². The average molecular weight is 296 g/mol. The molecule has 6 heteroatoms. The molecule has 1 aliphatic rings.